The molecule has 5 heteroatoms. The molecule has 2 aromatic carbocycles. The van der Waals surface area contributed by atoms with Crippen molar-refractivity contribution in [3.05, 3.63) is 64.7 Å². The molecule has 0 aliphatic heterocycles. The number of hydrogen-bond acceptors (Lipinski definition) is 3. The molecule has 2 rings (SSSR count). The van der Waals surface area contributed by atoms with Crippen LogP contribution in [0.1, 0.15) is 18.1 Å². The standard InChI is InChI=1S/C19H23ClN2O2/c1-14(24-18-10-8-17(20)9-11-18)19(23)21-12-15-4-6-16(7-5-15)13-22(2)3/h4-11,14H,12-13H2,1-3H3,(H,21,23). The zero-order valence-corrected chi connectivity index (χ0v) is 15.0. The number of ether oxygens (including phenoxy) is 1. The minimum Gasteiger partial charge on any atom is -0.481 e. The summed E-state index contributed by atoms with van der Waals surface area (Å²) in [6, 6.07) is 15.2. The molecule has 1 atom stereocenters. The third kappa shape index (κ3) is 5.87. The Morgan fingerprint density at radius 2 is 1.67 bits per heavy atom. The highest BCUT2D eigenvalue weighted by molar-refractivity contribution is 6.30. The van der Waals surface area contributed by atoms with Crippen molar-refractivity contribution in [1.82, 2.24) is 10.2 Å². The van der Waals surface area contributed by atoms with Crippen molar-refractivity contribution >= 4 is 17.5 Å². The van der Waals surface area contributed by atoms with E-state index in [0.29, 0.717) is 17.3 Å². The van der Waals surface area contributed by atoms with Crippen LogP contribution in [0.4, 0.5) is 0 Å². The first kappa shape index (κ1) is 18.3. The third-order valence-corrected chi connectivity index (χ3v) is 3.74. The molecule has 1 N–H and O–H groups in total. The summed E-state index contributed by atoms with van der Waals surface area (Å²) in [5.74, 6) is 0.470. The Balaban J connectivity index is 1.82. The van der Waals surface area contributed by atoms with Gasteiger partial charge >= 0.3 is 0 Å². The van der Waals surface area contributed by atoms with Gasteiger partial charge in [-0.3, -0.25) is 4.79 Å². The molecule has 1 unspecified atom stereocenters. The molecule has 2 aromatic rings. The monoisotopic (exact) mass is 346 g/mol. The lowest BCUT2D eigenvalue weighted by atomic mass is 10.1. The van der Waals surface area contributed by atoms with Crippen molar-refractivity contribution in [3.63, 3.8) is 0 Å². The number of nitrogens with zero attached hydrogens (tertiary/aromatic N) is 1. The number of rotatable bonds is 7. The van der Waals surface area contributed by atoms with Gasteiger partial charge in [-0.1, -0.05) is 35.9 Å². The summed E-state index contributed by atoms with van der Waals surface area (Å²) in [6.45, 7) is 3.11. The van der Waals surface area contributed by atoms with Crippen LogP contribution in [-0.2, 0) is 17.9 Å². The predicted molar refractivity (Wildman–Crippen MR) is 97.2 cm³/mol. The van der Waals surface area contributed by atoms with Gasteiger partial charge in [0, 0.05) is 18.1 Å². The van der Waals surface area contributed by atoms with E-state index in [-0.39, 0.29) is 5.91 Å². The van der Waals surface area contributed by atoms with Crippen LogP contribution < -0.4 is 10.1 Å². The molecule has 0 heterocycles. The Morgan fingerprint density at radius 1 is 1.08 bits per heavy atom. The fourth-order valence-corrected chi connectivity index (χ4v) is 2.36. The summed E-state index contributed by atoms with van der Waals surface area (Å²) >= 11 is 5.83. The highest BCUT2D eigenvalue weighted by Crippen LogP contribution is 2.16. The van der Waals surface area contributed by atoms with Crippen LogP contribution in [-0.4, -0.2) is 31.0 Å². The second kappa shape index (κ2) is 8.71. The molecule has 0 saturated carbocycles. The van der Waals surface area contributed by atoms with E-state index >= 15 is 0 Å². The van der Waals surface area contributed by atoms with Crippen molar-refractivity contribution in [2.45, 2.75) is 26.1 Å². The molecule has 0 aliphatic rings. The van der Waals surface area contributed by atoms with Crippen molar-refractivity contribution in [2.75, 3.05) is 14.1 Å². The molecule has 0 aromatic heterocycles. The number of halogens is 1. The molecule has 4 nitrogen and oxygen atoms in total. The van der Waals surface area contributed by atoms with E-state index < -0.39 is 6.10 Å². The fraction of sp³-hybridized carbons (Fsp3) is 0.316. The zero-order chi connectivity index (χ0) is 17.5. The number of amides is 1. The summed E-state index contributed by atoms with van der Waals surface area (Å²) < 4.78 is 5.61. The van der Waals surface area contributed by atoms with E-state index in [4.69, 9.17) is 16.3 Å². The molecule has 0 fully saturated rings. The first-order valence-electron chi connectivity index (χ1n) is 7.86. The second-order valence-corrected chi connectivity index (χ2v) is 6.42. The summed E-state index contributed by atoms with van der Waals surface area (Å²) in [4.78, 5) is 14.2. The van der Waals surface area contributed by atoms with Crippen LogP contribution in [0.2, 0.25) is 5.02 Å². The Kier molecular flexibility index (Phi) is 6.64. The maximum Gasteiger partial charge on any atom is 0.261 e. The lowest BCUT2D eigenvalue weighted by Crippen LogP contribution is -2.35. The first-order valence-corrected chi connectivity index (χ1v) is 8.24. The largest absolute Gasteiger partial charge is 0.481 e. The number of hydrogen-bond donors (Lipinski definition) is 1. The Labute approximate surface area is 148 Å². The average molecular weight is 347 g/mol. The fourth-order valence-electron chi connectivity index (χ4n) is 2.23. The van der Waals surface area contributed by atoms with E-state index in [2.05, 4.69) is 22.3 Å². The van der Waals surface area contributed by atoms with Crippen LogP contribution in [0.15, 0.2) is 48.5 Å². The van der Waals surface area contributed by atoms with Crippen LogP contribution in [0.5, 0.6) is 5.75 Å². The number of benzene rings is 2. The Hall–Kier alpha value is -2.04. The SMILES string of the molecule is CC(Oc1ccc(Cl)cc1)C(=O)NCc1ccc(CN(C)C)cc1. The minimum absolute atomic E-state index is 0.151. The van der Waals surface area contributed by atoms with E-state index in [1.165, 1.54) is 5.56 Å². The van der Waals surface area contributed by atoms with Gasteiger partial charge in [-0.25, -0.2) is 0 Å². The maximum atomic E-state index is 12.1. The smallest absolute Gasteiger partial charge is 0.261 e. The molecule has 0 spiro atoms. The van der Waals surface area contributed by atoms with Crippen LogP contribution >= 0.6 is 11.6 Å². The predicted octanol–water partition coefficient (Wildman–Crippen LogP) is 3.49. The van der Waals surface area contributed by atoms with Crippen molar-refractivity contribution in [3.8, 4) is 5.75 Å². The van der Waals surface area contributed by atoms with Gasteiger partial charge in [-0.2, -0.15) is 0 Å². The normalized spacial score (nSPS) is 12.0. The molecule has 24 heavy (non-hydrogen) atoms. The van der Waals surface area contributed by atoms with Gasteiger partial charge in [0.05, 0.1) is 0 Å². The topological polar surface area (TPSA) is 41.6 Å². The van der Waals surface area contributed by atoms with Crippen molar-refractivity contribution in [2.24, 2.45) is 0 Å². The van der Waals surface area contributed by atoms with E-state index in [9.17, 15) is 4.79 Å². The van der Waals surface area contributed by atoms with Crippen molar-refractivity contribution in [1.29, 1.82) is 0 Å². The molecule has 0 radical (unpaired) electrons. The number of carbonyl (C=O) groups is 1. The van der Waals surface area contributed by atoms with Crippen LogP contribution in [0, 0.1) is 0 Å². The summed E-state index contributed by atoms with van der Waals surface area (Å²) in [5, 5.41) is 3.53. The van der Waals surface area contributed by atoms with Crippen LogP contribution in [0.25, 0.3) is 0 Å². The Morgan fingerprint density at radius 3 is 2.25 bits per heavy atom. The molecule has 0 saturated heterocycles. The third-order valence-electron chi connectivity index (χ3n) is 3.48. The molecular weight excluding hydrogens is 324 g/mol. The van der Waals surface area contributed by atoms with E-state index in [1.807, 2.05) is 26.2 Å². The highest BCUT2D eigenvalue weighted by atomic mass is 35.5. The molecule has 0 bridgehead atoms. The lowest BCUT2D eigenvalue weighted by molar-refractivity contribution is -0.127. The van der Waals surface area contributed by atoms with Gasteiger partial charge in [0.25, 0.3) is 5.91 Å². The van der Waals surface area contributed by atoms with Gasteiger partial charge in [-0.15, -0.1) is 0 Å². The second-order valence-electron chi connectivity index (χ2n) is 5.99. The zero-order valence-electron chi connectivity index (χ0n) is 14.3. The summed E-state index contributed by atoms with van der Waals surface area (Å²) in [6.07, 6.45) is -0.570. The average Bonchev–Trinajstić information content (AvgIpc) is 2.55. The van der Waals surface area contributed by atoms with Gasteiger partial charge < -0.3 is 15.0 Å². The van der Waals surface area contributed by atoms with Gasteiger partial charge in [0.2, 0.25) is 0 Å². The molecule has 128 valence electrons. The van der Waals surface area contributed by atoms with Gasteiger partial charge in [0.15, 0.2) is 6.10 Å². The maximum absolute atomic E-state index is 12.1. The van der Waals surface area contributed by atoms with Crippen LogP contribution in [0.3, 0.4) is 0 Å². The molecule has 0 aliphatic carbocycles. The van der Waals surface area contributed by atoms with Gasteiger partial charge in [0.1, 0.15) is 5.75 Å². The quantitative estimate of drug-likeness (QED) is 0.834. The molecule has 1 amide bonds. The highest BCUT2D eigenvalue weighted by Gasteiger charge is 2.14. The summed E-state index contributed by atoms with van der Waals surface area (Å²) in [5.41, 5.74) is 2.30. The summed E-state index contributed by atoms with van der Waals surface area (Å²) in [7, 11) is 4.08. The number of nitrogens with one attached hydrogen (secondary N) is 1. The number of carbonyl (C=O) groups excluding carboxylic acids is 1. The molecular formula is C19H23ClN2O2. The van der Waals surface area contributed by atoms with E-state index in [1.54, 1.807) is 31.2 Å². The lowest BCUT2D eigenvalue weighted by Gasteiger charge is -2.15. The van der Waals surface area contributed by atoms with Crippen molar-refractivity contribution < 1.29 is 9.53 Å². The Bertz CT molecular complexity index is 654. The van der Waals surface area contributed by atoms with E-state index in [0.717, 1.165) is 12.1 Å². The first-order chi connectivity index (χ1) is 11.4. The minimum atomic E-state index is -0.570. The van der Waals surface area contributed by atoms with Gasteiger partial charge in [-0.05, 0) is 56.4 Å².